The number of thiophene rings is 1. The molecule has 0 aliphatic carbocycles. The maximum atomic E-state index is 12.0. The molecule has 2 aromatic heterocycles. The van der Waals surface area contributed by atoms with Gasteiger partial charge in [-0.2, -0.15) is 0 Å². The Bertz CT molecular complexity index is 597. The Balaban J connectivity index is 2.03. The highest BCUT2D eigenvalue weighted by Crippen LogP contribution is 2.32. The molecule has 0 fully saturated rings. The van der Waals surface area contributed by atoms with E-state index in [1.807, 2.05) is 19.1 Å². The fourth-order valence-corrected chi connectivity index (χ4v) is 3.50. The van der Waals surface area contributed by atoms with Gasteiger partial charge in [-0.25, -0.2) is 4.98 Å². The monoisotopic (exact) mass is 418 g/mol. The highest BCUT2D eigenvalue weighted by atomic mass is 79.9. The Morgan fingerprint density at radius 2 is 2.30 bits per heavy atom. The predicted molar refractivity (Wildman–Crippen MR) is 86.3 cm³/mol. The van der Waals surface area contributed by atoms with E-state index in [1.54, 1.807) is 12.3 Å². The lowest BCUT2D eigenvalue weighted by Gasteiger charge is -2.09. The Kier molecular flexibility index (Phi) is 5.56. The third-order valence-corrected chi connectivity index (χ3v) is 5.69. The van der Waals surface area contributed by atoms with Gasteiger partial charge in [0.2, 0.25) is 5.88 Å². The number of hydrogen-bond acceptors (Lipinski definition) is 4. The average Bonchev–Trinajstić information content (AvgIpc) is 2.78. The van der Waals surface area contributed by atoms with Crippen molar-refractivity contribution in [3.8, 4) is 5.88 Å². The maximum absolute atomic E-state index is 12.0. The van der Waals surface area contributed by atoms with Gasteiger partial charge < -0.3 is 10.1 Å². The van der Waals surface area contributed by atoms with Crippen molar-refractivity contribution in [3.05, 3.63) is 43.1 Å². The molecule has 2 aromatic rings. The Morgan fingerprint density at radius 1 is 1.50 bits per heavy atom. The van der Waals surface area contributed by atoms with Gasteiger partial charge in [0.25, 0.3) is 5.91 Å². The van der Waals surface area contributed by atoms with Crippen molar-refractivity contribution in [2.45, 2.75) is 13.5 Å². The van der Waals surface area contributed by atoms with E-state index in [9.17, 15) is 4.79 Å². The van der Waals surface area contributed by atoms with Gasteiger partial charge in [-0.05, 0) is 50.9 Å². The number of hydrogen-bond donors (Lipinski definition) is 1. The fraction of sp³-hybridized carbons (Fsp3) is 0.231. The summed E-state index contributed by atoms with van der Waals surface area (Å²) in [6.45, 7) is 2.83. The van der Waals surface area contributed by atoms with Crippen LogP contribution in [-0.4, -0.2) is 17.5 Å². The van der Waals surface area contributed by atoms with Crippen LogP contribution in [0.1, 0.15) is 22.2 Å². The number of pyridine rings is 1. The molecule has 0 aromatic carbocycles. The molecule has 106 valence electrons. The molecule has 2 heterocycles. The van der Waals surface area contributed by atoms with Crippen molar-refractivity contribution >= 4 is 49.1 Å². The lowest BCUT2D eigenvalue weighted by atomic mass is 10.2. The maximum Gasteiger partial charge on any atom is 0.261 e. The zero-order chi connectivity index (χ0) is 14.5. The summed E-state index contributed by atoms with van der Waals surface area (Å²) in [5.41, 5.74) is 0.859. The van der Waals surface area contributed by atoms with Crippen LogP contribution >= 0.6 is 43.2 Å². The molecular formula is C13H12Br2N2O2S. The minimum absolute atomic E-state index is 0.118. The second-order valence-electron chi connectivity index (χ2n) is 3.82. The van der Waals surface area contributed by atoms with E-state index in [2.05, 4.69) is 42.2 Å². The molecular weight excluding hydrogens is 408 g/mol. The van der Waals surface area contributed by atoms with E-state index < -0.39 is 0 Å². The van der Waals surface area contributed by atoms with Gasteiger partial charge in [0.05, 0.1) is 15.3 Å². The highest BCUT2D eigenvalue weighted by molar-refractivity contribution is 9.13. The van der Waals surface area contributed by atoms with Crippen LogP contribution < -0.4 is 10.1 Å². The van der Waals surface area contributed by atoms with E-state index in [1.165, 1.54) is 11.3 Å². The van der Waals surface area contributed by atoms with Gasteiger partial charge in [-0.3, -0.25) is 4.79 Å². The predicted octanol–water partition coefficient (Wildman–Crippen LogP) is 4.00. The van der Waals surface area contributed by atoms with Gasteiger partial charge in [-0.15, -0.1) is 11.3 Å². The molecule has 20 heavy (non-hydrogen) atoms. The molecule has 0 saturated heterocycles. The number of nitrogens with one attached hydrogen (secondary N) is 1. The zero-order valence-electron chi connectivity index (χ0n) is 10.7. The molecule has 0 radical (unpaired) electrons. The van der Waals surface area contributed by atoms with Gasteiger partial charge in [0, 0.05) is 22.8 Å². The number of carbonyl (C=O) groups excluding carboxylic acids is 1. The third-order valence-electron chi connectivity index (χ3n) is 2.44. The molecule has 0 aliphatic heterocycles. The quantitative estimate of drug-likeness (QED) is 0.796. The van der Waals surface area contributed by atoms with Crippen LogP contribution in [0.5, 0.6) is 5.88 Å². The first-order valence-corrected chi connectivity index (χ1v) is 8.31. The molecule has 7 heteroatoms. The normalized spacial score (nSPS) is 10.3. The number of rotatable bonds is 5. The van der Waals surface area contributed by atoms with Crippen LogP contribution in [0.3, 0.4) is 0 Å². The van der Waals surface area contributed by atoms with Crippen molar-refractivity contribution in [2.24, 2.45) is 0 Å². The molecule has 0 saturated carbocycles. The van der Waals surface area contributed by atoms with Gasteiger partial charge in [-0.1, -0.05) is 6.07 Å². The van der Waals surface area contributed by atoms with E-state index in [4.69, 9.17) is 4.74 Å². The first-order valence-electron chi connectivity index (χ1n) is 5.91. The van der Waals surface area contributed by atoms with Crippen LogP contribution in [0.2, 0.25) is 0 Å². The second kappa shape index (κ2) is 7.19. The summed E-state index contributed by atoms with van der Waals surface area (Å²) in [7, 11) is 0. The number of halogens is 2. The molecule has 4 nitrogen and oxygen atoms in total. The Morgan fingerprint density at radius 3 is 2.95 bits per heavy atom. The molecule has 1 amide bonds. The number of amides is 1. The summed E-state index contributed by atoms with van der Waals surface area (Å²) in [4.78, 5) is 16.8. The number of carbonyl (C=O) groups is 1. The van der Waals surface area contributed by atoms with E-state index in [-0.39, 0.29) is 5.91 Å². The fourth-order valence-electron chi connectivity index (χ4n) is 1.55. The molecule has 0 spiro atoms. The molecule has 1 N–H and O–H groups in total. The molecule has 2 rings (SSSR count). The number of ether oxygens (including phenoxy) is 1. The van der Waals surface area contributed by atoms with Crippen molar-refractivity contribution in [1.29, 1.82) is 0 Å². The second-order valence-corrected chi connectivity index (χ2v) is 7.04. The molecule has 0 atom stereocenters. The topological polar surface area (TPSA) is 51.2 Å². The standard InChI is InChI=1S/C13H12Br2N2O2S/c1-2-19-13-8(4-3-5-16-13)7-17-12(18)10-6-9(14)11(15)20-10/h3-6H,2,7H2,1H3,(H,17,18). The zero-order valence-corrected chi connectivity index (χ0v) is 14.6. The first kappa shape index (κ1) is 15.5. The lowest BCUT2D eigenvalue weighted by Crippen LogP contribution is -2.22. The van der Waals surface area contributed by atoms with Crippen LogP contribution in [0, 0.1) is 0 Å². The van der Waals surface area contributed by atoms with Crippen LogP contribution in [0.4, 0.5) is 0 Å². The average molecular weight is 420 g/mol. The largest absolute Gasteiger partial charge is 0.478 e. The van der Waals surface area contributed by atoms with Crippen LogP contribution in [0.25, 0.3) is 0 Å². The van der Waals surface area contributed by atoms with E-state index >= 15 is 0 Å². The van der Waals surface area contributed by atoms with Gasteiger partial charge in [0.15, 0.2) is 0 Å². The van der Waals surface area contributed by atoms with Crippen molar-refractivity contribution in [2.75, 3.05) is 6.61 Å². The third kappa shape index (κ3) is 3.80. The summed E-state index contributed by atoms with van der Waals surface area (Å²) < 4.78 is 7.20. The SMILES string of the molecule is CCOc1ncccc1CNC(=O)c1cc(Br)c(Br)s1. The van der Waals surface area contributed by atoms with E-state index in [0.717, 1.165) is 13.8 Å². The van der Waals surface area contributed by atoms with Crippen molar-refractivity contribution < 1.29 is 9.53 Å². The highest BCUT2D eigenvalue weighted by Gasteiger charge is 2.12. The summed E-state index contributed by atoms with van der Waals surface area (Å²) in [5, 5.41) is 2.86. The minimum Gasteiger partial charge on any atom is -0.478 e. The van der Waals surface area contributed by atoms with Crippen LogP contribution in [-0.2, 0) is 6.54 Å². The summed E-state index contributed by atoms with van der Waals surface area (Å²) in [5.74, 6) is 0.441. The van der Waals surface area contributed by atoms with Crippen molar-refractivity contribution in [1.82, 2.24) is 10.3 Å². The summed E-state index contributed by atoms with van der Waals surface area (Å²) in [6.07, 6.45) is 1.67. The summed E-state index contributed by atoms with van der Waals surface area (Å²) in [6, 6.07) is 5.50. The van der Waals surface area contributed by atoms with Crippen molar-refractivity contribution in [3.63, 3.8) is 0 Å². The number of aromatic nitrogens is 1. The minimum atomic E-state index is -0.118. The summed E-state index contributed by atoms with van der Waals surface area (Å²) >= 11 is 8.12. The van der Waals surface area contributed by atoms with Gasteiger partial charge >= 0.3 is 0 Å². The van der Waals surface area contributed by atoms with Gasteiger partial charge in [0.1, 0.15) is 0 Å². The number of nitrogens with zero attached hydrogens (tertiary/aromatic N) is 1. The first-order chi connectivity index (χ1) is 9.61. The molecule has 0 bridgehead atoms. The smallest absolute Gasteiger partial charge is 0.261 e. The molecule has 0 aliphatic rings. The molecule has 0 unspecified atom stereocenters. The Hall–Kier alpha value is -0.920. The van der Waals surface area contributed by atoms with Crippen LogP contribution in [0.15, 0.2) is 32.7 Å². The lowest BCUT2D eigenvalue weighted by molar-refractivity contribution is 0.0954. The van der Waals surface area contributed by atoms with E-state index in [0.29, 0.717) is 23.9 Å². The Labute approximate surface area is 137 Å².